The van der Waals surface area contributed by atoms with E-state index in [-0.39, 0.29) is 28.5 Å². The van der Waals surface area contributed by atoms with Gasteiger partial charge in [-0.05, 0) is 19.1 Å². The van der Waals surface area contributed by atoms with Gasteiger partial charge in [0.1, 0.15) is 11.1 Å². The van der Waals surface area contributed by atoms with Crippen LogP contribution in [0.1, 0.15) is 17.3 Å². The Kier molecular flexibility index (Phi) is 3.32. The summed E-state index contributed by atoms with van der Waals surface area (Å²) >= 11 is 0. The fourth-order valence-electron chi connectivity index (χ4n) is 2.27. The number of ether oxygens (including phenoxy) is 1. The van der Waals surface area contributed by atoms with Gasteiger partial charge >= 0.3 is 5.97 Å². The molecular formula is C15H10F2N2O3. The molecule has 2 heterocycles. The molecule has 3 rings (SSSR count). The highest BCUT2D eigenvalue weighted by atomic mass is 19.2. The van der Waals surface area contributed by atoms with E-state index in [1.54, 1.807) is 6.92 Å². The molecule has 0 saturated heterocycles. The molecule has 0 radical (unpaired) electrons. The molecule has 22 heavy (non-hydrogen) atoms. The van der Waals surface area contributed by atoms with Gasteiger partial charge in [0.15, 0.2) is 11.6 Å². The lowest BCUT2D eigenvalue weighted by molar-refractivity contribution is 0.0524. The number of aromatic nitrogens is 2. The molecule has 0 spiro atoms. The van der Waals surface area contributed by atoms with Crippen LogP contribution in [-0.4, -0.2) is 22.5 Å². The van der Waals surface area contributed by atoms with Gasteiger partial charge in [-0.3, -0.25) is 9.78 Å². The minimum absolute atomic E-state index is 0.0643. The molecule has 5 nitrogen and oxygen atoms in total. The molecule has 0 fully saturated rings. The van der Waals surface area contributed by atoms with E-state index in [1.807, 2.05) is 0 Å². The number of H-pyrrole nitrogens is 1. The lowest BCUT2D eigenvalue weighted by Crippen LogP contribution is -2.18. The number of hydrogen-bond acceptors (Lipinski definition) is 4. The molecule has 1 N–H and O–H groups in total. The fraction of sp³-hybridized carbons (Fsp3) is 0.133. The van der Waals surface area contributed by atoms with E-state index in [2.05, 4.69) is 9.97 Å². The van der Waals surface area contributed by atoms with E-state index in [0.29, 0.717) is 5.52 Å². The lowest BCUT2D eigenvalue weighted by atomic mass is 10.1. The number of halogens is 2. The van der Waals surface area contributed by atoms with E-state index >= 15 is 0 Å². The molecule has 0 aliphatic heterocycles. The number of rotatable bonds is 2. The molecule has 1 aromatic carbocycles. The van der Waals surface area contributed by atoms with Crippen LogP contribution in [0.2, 0.25) is 0 Å². The van der Waals surface area contributed by atoms with Gasteiger partial charge in [-0.15, -0.1) is 0 Å². The van der Waals surface area contributed by atoms with E-state index in [0.717, 1.165) is 6.07 Å². The Balaban J connectivity index is 2.42. The van der Waals surface area contributed by atoms with Crippen LogP contribution >= 0.6 is 0 Å². The number of esters is 1. The van der Waals surface area contributed by atoms with Crippen molar-refractivity contribution < 1.29 is 18.3 Å². The van der Waals surface area contributed by atoms with Crippen LogP contribution in [0.3, 0.4) is 0 Å². The van der Waals surface area contributed by atoms with Crippen LogP contribution in [0.4, 0.5) is 8.78 Å². The van der Waals surface area contributed by atoms with Gasteiger partial charge in [0.05, 0.1) is 23.7 Å². The Bertz CT molecular complexity index is 966. The van der Waals surface area contributed by atoms with Gasteiger partial charge in [0, 0.05) is 11.6 Å². The predicted octanol–water partition coefficient (Wildman–Crippen LogP) is 2.53. The van der Waals surface area contributed by atoms with Gasteiger partial charge in [-0.2, -0.15) is 0 Å². The van der Waals surface area contributed by atoms with Gasteiger partial charge in [-0.1, -0.05) is 0 Å². The predicted molar refractivity (Wildman–Crippen MR) is 75.7 cm³/mol. The topological polar surface area (TPSA) is 72.1 Å². The Morgan fingerprint density at radius 1 is 1.36 bits per heavy atom. The van der Waals surface area contributed by atoms with Gasteiger partial charge in [0.25, 0.3) is 0 Å². The summed E-state index contributed by atoms with van der Waals surface area (Å²) in [7, 11) is 0. The summed E-state index contributed by atoms with van der Waals surface area (Å²) in [5, 5.41) is 0.193. The molecular weight excluding hydrogens is 294 g/mol. The molecule has 0 amide bonds. The van der Waals surface area contributed by atoms with E-state index < -0.39 is 23.0 Å². The van der Waals surface area contributed by atoms with Crippen LogP contribution in [0, 0.1) is 11.6 Å². The number of fused-ring (bicyclic) bond motifs is 3. The Morgan fingerprint density at radius 2 is 2.14 bits per heavy atom. The molecule has 0 bridgehead atoms. The molecule has 112 valence electrons. The lowest BCUT2D eigenvalue weighted by Gasteiger charge is -2.06. The van der Waals surface area contributed by atoms with Gasteiger partial charge < -0.3 is 9.72 Å². The number of pyridine rings is 2. The maximum absolute atomic E-state index is 13.8. The van der Waals surface area contributed by atoms with Crippen LogP contribution in [0.25, 0.3) is 21.8 Å². The van der Waals surface area contributed by atoms with Crippen molar-refractivity contribution in [2.45, 2.75) is 6.92 Å². The van der Waals surface area contributed by atoms with Crippen molar-refractivity contribution in [3.63, 3.8) is 0 Å². The first kappa shape index (κ1) is 14.1. The van der Waals surface area contributed by atoms with E-state index in [9.17, 15) is 18.4 Å². The van der Waals surface area contributed by atoms with E-state index in [4.69, 9.17) is 4.74 Å². The number of hydrogen-bond donors (Lipinski definition) is 1. The Hall–Kier alpha value is -2.83. The monoisotopic (exact) mass is 304 g/mol. The number of aromatic amines is 1. The summed E-state index contributed by atoms with van der Waals surface area (Å²) in [5.74, 6) is -2.98. The van der Waals surface area contributed by atoms with Crippen molar-refractivity contribution in [3.05, 3.63) is 51.9 Å². The molecule has 7 heteroatoms. The highest BCUT2D eigenvalue weighted by Crippen LogP contribution is 2.23. The first-order valence-corrected chi connectivity index (χ1v) is 6.49. The maximum Gasteiger partial charge on any atom is 0.343 e. The molecule has 0 atom stereocenters. The number of carbonyl (C=O) groups excluding carboxylic acids is 1. The molecule has 3 aromatic rings. The largest absolute Gasteiger partial charge is 0.462 e. The van der Waals surface area contributed by atoms with Crippen LogP contribution in [0.5, 0.6) is 0 Å². The summed E-state index contributed by atoms with van der Waals surface area (Å²) in [6, 6.07) is 2.17. The summed E-state index contributed by atoms with van der Waals surface area (Å²) < 4.78 is 31.9. The minimum atomic E-state index is -1.14. The third-order valence-electron chi connectivity index (χ3n) is 3.27. The summed E-state index contributed by atoms with van der Waals surface area (Å²) in [6.45, 7) is 1.73. The van der Waals surface area contributed by atoms with Crippen LogP contribution in [0.15, 0.2) is 29.3 Å². The molecule has 0 aliphatic carbocycles. The summed E-state index contributed by atoms with van der Waals surface area (Å²) in [6.07, 6.45) is 2.44. The molecule has 0 unspecified atom stereocenters. The summed E-state index contributed by atoms with van der Waals surface area (Å²) in [5.41, 5.74) is -0.771. The van der Waals surface area contributed by atoms with Crippen molar-refractivity contribution in [3.8, 4) is 0 Å². The smallest absolute Gasteiger partial charge is 0.343 e. The van der Waals surface area contributed by atoms with Crippen LogP contribution < -0.4 is 5.43 Å². The molecule has 0 aliphatic rings. The number of nitrogens with zero attached hydrogens (tertiary/aromatic N) is 1. The Morgan fingerprint density at radius 3 is 2.86 bits per heavy atom. The highest BCUT2D eigenvalue weighted by molar-refractivity contribution is 6.06. The van der Waals surface area contributed by atoms with Crippen LogP contribution in [-0.2, 0) is 4.74 Å². The highest BCUT2D eigenvalue weighted by Gasteiger charge is 2.18. The van der Waals surface area contributed by atoms with Gasteiger partial charge in [0.2, 0.25) is 5.43 Å². The first-order chi connectivity index (χ1) is 10.5. The number of carbonyl (C=O) groups is 1. The Labute approximate surface area is 122 Å². The third kappa shape index (κ3) is 2.02. The number of benzene rings is 1. The van der Waals surface area contributed by atoms with Crippen molar-refractivity contribution in [1.29, 1.82) is 0 Å². The zero-order valence-corrected chi connectivity index (χ0v) is 11.4. The van der Waals surface area contributed by atoms with Crippen molar-refractivity contribution in [2.75, 3.05) is 6.61 Å². The normalized spacial score (nSPS) is 11.0. The summed E-state index contributed by atoms with van der Waals surface area (Å²) in [4.78, 5) is 30.8. The average Bonchev–Trinajstić information content (AvgIpc) is 2.51. The zero-order valence-electron chi connectivity index (χ0n) is 11.4. The quantitative estimate of drug-likeness (QED) is 0.583. The SMILES string of the molecule is CCOC(=O)c1c[nH]c2cnc3c(F)c(F)ccc3c2c1=O. The van der Waals surface area contributed by atoms with E-state index in [1.165, 1.54) is 18.5 Å². The minimum Gasteiger partial charge on any atom is -0.462 e. The second-order valence-corrected chi connectivity index (χ2v) is 4.56. The fourth-order valence-corrected chi connectivity index (χ4v) is 2.27. The third-order valence-corrected chi connectivity index (χ3v) is 3.27. The van der Waals surface area contributed by atoms with Crippen molar-refractivity contribution in [1.82, 2.24) is 9.97 Å². The average molecular weight is 304 g/mol. The zero-order chi connectivity index (χ0) is 15.9. The van der Waals surface area contributed by atoms with Crippen molar-refractivity contribution >= 4 is 27.8 Å². The second-order valence-electron chi connectivity index (χ2n) is 4.56. The maximum atomic E-state index is 13.8. The van der Waals surface area contributed by atoms with Gasteiger partial charge in [-0.25, -0.2) is 13.6 Å². The number of nitrogens with one attached hydrogen (secondary N) is 1. The first-order valence-electron chi connectivity index (χ1n) is 6.49. The second kappa shape index (κ2) is 5.18. The molecule has 2 aromatic heterocycles. The molecule has 0 saturated carbocycles. The standard InChI is InChI=1S/C15H10F2N2O3/c1-2-22-15(21)8-5-18-10-6-19-13-7(11(10)14(8)20)3-4-9(16)12(13)17/h3-6H,2H2,1H3,(H,18,20). The van der Waals surface area contributed by atoms with Crippen molar-refractivity contribution in [2.24, 2.45) is 0 Å².